The van der Waals surface area contributed by atoms with Gasteiger partial charge >= 0.3 is 5.63 Å². The Morgan fingerprint density at radius 1 is 1.10 bits per heavy atom. The van der Waals surface area contributed by atoms with Crippen LogP contribution in [0.3, 0.4) is 0 Å². The minimum absolute atomic E-state index is 0.00509. The van der Waals surface area contributed by atoms with Crippen LogP contribution in [0.2, 0.25) is 0 Å². The van der Waals surface area contributed by atoms with E-state index >= 15 is 0 Å². The summed E-state index contributed by atoms with van der Waals surface area (Å²) < 4.78 is 10.2. The van der Waals surface area contributed by atoms with Gasteiger partial charge in [-0.25, -0.2) is 4.79 Å². The third kappa shape index (κ3) is 1.67. The highest BCUT2D eigenvalue weighted by Crippen LogP contribution is 2.36. The molecule has 0 fully saturated rings. The molecular formula is C15H12O5. The van der Waals surface area contributed by atoms with Crippen LogP contribution in [0, 0.1) is 6.92 Å². The fraction of sp³-hybridized carbons (Fsp3) is 0.133. The summed E-state index contributed by atoms with van der Waals surface area (Å²) in [7, 11) is 1.45. The Morgan fingerprint density at radius 3 is 2.55 bits per heavy atom. The Hall–Kier alpha value is -2.69. The van der Waals surface area contributed by atoms with Gasteiger partial charge in [-0.3, -0.25) is 0 Å². The number of rotatable bonds is 1. The maximum Gasteiger partial charge on any atom is 0.344 e. The number of benzene rings is 2. The van der Waals surface area contributed by atoms with Crippen molar-refractivity contribution in [2.24, 2.45) is 0 Å². The predicted molar refractivity (Wildman–Crippen MR) is 74.6 cm³/mol. The molecule has 0 aliphatic rings. The number of phenols is 2. The minimum atomic E-state index is -0.591. The van der Waals surface area contributed by atoms with E-state index in [1.807, 2.05) is 0 Å². The molecule has 2 N–H and O–H groups in total. The molecule has 0 amide bonds. The fourth-order valence-corrected chi connectivity index (χ4v) is 2.43. The van der Waals surface area contributed by atoms with E-state index in [1.54, 1.807) is 13.0 Å². The van der Waals surface area contributed by atoms with Crippen molar-refractivity contribution in [3.63, 3.8) is 0 Å². The maximum atomic E-state index is 12.0. The van der Waals surface area contributed by atoms with Crippen LogP contribution in [0.15, 0.2) is 33.5 Å². The van der Waals surface area contributed by atoms with E-state index in [-0.39, 0.29) is 22.5 Å². The first-order chi connectivity index (χ1) is 9.51. The standard InChI is InChI=1S/C15H12O5/c1-7-3-8(16)4-12-13(7)14-10(15(18)20-12)5-9(19-2)6-11(14)17/h3-6,16-17H,1-2H3. The predicted octanol–water partition coefficient (Wildman–Crippen LogP) is 2.67. The first kappa shape index (κ1) is 12.3. The molecule has 3 rings (SSSR count). The van der Waals surface area contributed by atoms with Crippen molar-refractivity contribution in [3.8, 4) is 17.2 Å². The molecule has 1 aromatic heterocycles. The van der Waals surface area contributed by atoms with E-state index < -0.39 is 5.63 Å². The third-order valence-corrected chi connectivity index (χ3v) is 3.28. The number of aromatic hydroxyl groups is 2. The average Bonchev–Trinajstić information content (AvgIpc) is 2.38. The molecule has 5 heteroatoms. The Balaban J connectivity index is 2.63. The quantitative estimate of drug-likeness (QED) is 0.526. The van der Waals surface area contributed by atoms with Gasteiger partial charge < -0.3 is 19.4 Å². The molecule has 0 aliphatic heterocycles. The van der Waals surface area contributed by atoms with Crippen LogP contribution >= 0.6 is 0 Å². The van der Waals surface area contributed by atoms with Crippen molar-refractivity contribution in [1.82, 2.24) is 0 Å². The molecule has 0 saturated carbocycles. The minimum Gasteiger partial charge on any atom is -0.508 e. The van der Waals surface area contributed by atoms with Gasteiger partial charge in [-0.15, -0.1) is 0 Å². The second kappa shape index (κ2) is 4.16. The van der Waals surface area contributed by atoms with E-state index in [2.05, 4.69) is 0 Å². The van der Waals surface area contributed by atoms with E-state index in [0.29, 0.717) is 22.1 Å². The van der Waals surface area contributed by atoms with E-state index in [4.69, 9.17) is 9.15 Å². The summed E-state index contributed by atoms with van der Waals surface area (Å²) in [6.07, 6.45) is 0. The molecule has 0 bridgehead atoms. The molecule has 0 atom stereocenters. The normalized spacial score (nSPS) is 11.1. The lowest BCUT2D eigenvalue weighted by molar-refractivity contribution is 0.409. The highest BCUT2D eigenvalue weighted by Gasteiger charge is 2.15. The summed E-state index contributed by atoms with van der Waals surface area (Å²) in [6.45, 7) is 1.77. The smallest absolute Gasteiger partial charge is 0.344 e. The van der Waals surface area contributed by atoms with Gasteiger partial charge in [0.25, 0.3) is 0 Å². The van der Waals surface area contributed by atoms with Gasteiger partial charge in [0.2, 0.25) is 0 Å². The van der Waals surface area contributed by atoms with E-state index in [1.165, 1.54) is 25.3 Å². The largest absolute Gasteiger partial charge is 0.508 e. The molecule has 2 aromatic carbocycles. The van der Waals surface area contributed by atoms with Crippen LogP contribution in [0.1, 0.15) is 5.56 Å². The lowest BCUT2D eigenvalue weighted by Gasteiger charge is -2.09. The fourth-order valence-electron chi connectivity index (χ4n) is 2.43. The Kier molecular flexibility index (Phi) is 2.57. The molecule has 0 radical (unpaired) electrons. The Bertz CT molecular complexity index is 892. The lowest BCUT2D eigenvalue weighted by Crippen LogP contribution is -2.01. The number of methoxy groups -OCH3 is 1. The third-order valence-electron chi connectivity index (χ3n) is 3.28. The molecule has 5 nitrogen and oxygen atoms in total. The van der Waals surface area contributed by atoms with Crippen LogP contribution in [0.4, 0.5) is 0 Å². The molecule has 0 spiro atoms. The number of aryl methyl sites for hydroxylation is 1. The van der Waals surface area contributed by atoms with E-state index in [9.17, 15) is 15.0 Å². The van der Waals surface area contributed by atoms with Gasteiger partial charge in [-0.05, 0) is 24.6 Å². The van der Waals surface area contributed by atoms with E-state index in [0.717, 1.165) is 0 Å². The highest BCUT2D eigenvalue weighted by molar-refractivity contribution is 6.09. The van der Waals surface area contributed by atoms with Crippen LogP contribution < -0.4 is 10.4 Å². The summed E-state index contributed by atoms with van der Waals surface area (Å²) in [5.74, 6) is 0.314. The number of fused-ring (bicyclic) bond motifs is 3. The lowest BCUT2D eigenvalue weighted by atomic mass is 10.0. The number of phenolic OH excluding ortho intramolecular Hbond substituents is 2. The summed E-state index contributed by atoms with van der Waals surface area (Å²) >= 11 is 0. The van der Waals surface area contributed by atoms with Gasteiger partial charge in [0.15, 0.2) is 0 Å². The Labute approximate surface area is 113 Å². The van der Waals surface area contributed by atoms with Crippen molar-refractivity contribution in [1.29, 1.82) is 0 Å². The topological polar surface area (TPSA) is 79.9 Å². The molecule has 0 aliphatic carbocycles. The highest BCUT2D eigenvalue weighted by atomic mass is 16.5. The molecule has 3 aromatic rings. The Morgan fingerprint density at radius 2 is 1.85 bits per heavy atom. The van der Waals surface area contributed by atoms with Gasteiger partial charge in [0, 0.05) is 22.9 Å². The second-order valence-electron chi connectivity index (χ2n) is 4.59. The van der Waals surface area contributed by atoms with Crippen molar-refractivity contribution < 1.29 is 19.4 Å². The van der Waals surface area contributed by atoms with Crippen LogP contribution in [0.5, 0.6) is 17.2 Å². The SMILES string of the molecule is COc1cc(O)c2c(c1)c(=O)oc1cc(O)cc(C)c12. The summed E-state index contributed by atoms with van der Waals surface area (Å²) in [4.78, 5) is 12.0. The molecule has 0 saturated heterocycles. The average molecular weight is 272 g/mol. The zero-order valence-electron chi connectivity index (χ0n) is 10.9. The van der Waals surface area contributed by atoms with Crippen molar-refractivity contribution in [2.75, 3.05) is 7.11 Å². The number of ether oxygens (including phenoxy) is 1. The van der Waals surface area contributed by atoms with Gasteiger partial charge in [0.1, 0.15) is 22.8 Å². The summed E-state index contributed by atoms with van der Waals surface area (Å²) in [5.41, 5.74) is 0.349. The molecule has 1 heterocycles. The monoisotopic (exact) mass is 272 g/mol. The summed E-state index contributed by atoms with van der Waals surface area (Å²) in [6, 6.07) is 5.86. The second-order valence-corrected chi connectivity index (χ2v) is 4.59. The van der Waals surface area contributed by atoms with Crippen LogP contribution in [0.25, 0.3) is 21.7 Å². The van der Waals surface area contributed by atoms with Crippen molar-refractivity contribution in [2.45, 2.75) is 6.92 Å². The molecule has 0 unspecified atom stereocenters. The van der Waals surface area contributed by atoms with Gasteiger partial charge in [-0.2, -0.15) is 0 Å². The number of hydrogen-bond acceptors (Lipinski definition) is 5. The molecule has 102 valence electrons. The van der Waals surface area contributed by atoms with Crippen molar-refractivity contribution in [3.05, 3.63) is 40.2 Å². The van der Waals surface area contributed by atoms with Crippen LogP contribution in [-0.2, 0) is 0 Å². The van der Waals surface area contributed by atoms with Gasteiger partial charge in [-0.1, -0.05) is 0 Å². The first-order valence-corrected chi connectivity index (χ1v) is 5.98. The van der Waals surface area contributed by atoms with Gasteiger partial charge in [0.05, 0.1) is 12.5 Å². The maximum absolute atomic E-state index is 12.0. The first-order valence-electron chi connectivity index (χ1n) is 5.98. The zero-order valence-corrected chi connectivity index (χ0v) is 10.9. The van der Waals surface area contributed by atoms with Crippen LogP contribution in [-0.4, -0.2) is 17.3 Å². The van der Waals surface area contributed by atoms with Crippen molar-refractivity contribution >= 4 is 21.7 Å². The summed E-state index contributed by atoms with van der Waals surface area (Å²) in [5, 5.41) is 21.0. The zero-order chi connectivity index (χ0) is 14.4. The molecular weight excluding hydrogens is 260 g/mol. The number of hydrogen-bond donors (Lipinski definition) is 2. The molecule has 20 heavy (non-hydrogen) atoms.